The summed E-state index contributed by atoms with van der Waals surface area (Å²) in [6, 6.07) is 8.23. The first kappa shape index (κ1) is 18.8. The van der Waals surface area contributed by atoms with Crippen molar-refractivity contribution >= 4 is 11.5 Å². The van der Waals surface area contributed by atoms with Crippen molar-refractivity contribution in [3.63, 3.8) is 0 Å². The zero-order valence-corrected chi connectivity index (χ0v) is 15.5. The van der Waals surface area contributed by atoms with E-state index >= 15 is 0 Å². The van der Waals surface area contributed by atoms with Gasteiger partial charge in [-0.15, -0.1) is 0 Å². The van der Waals surface area contributed by atoms with Gasteiger partial charge in [0.2, 0.25) is 0 Å². The highest BCUT2D eigenvalue weighted by Gasteiger charge is 2.20. The van der Waals surface area contributed by atoms with Gasteiger partial charge in [0.1, 0.15) is 5.82 Å². The van der Waals surface area contributed by atoms with Crippen LogP contribution in [0.3, 0.4) is 0 Å². The molecule has 1 saturated heterocycles. The van der Waals surface area contributed by atoms with Crippen molar-refractivity contribution in [1.82, 2.24) is 14.0 Å². The fourth-order valence-corrected chi connectivity index (χ4v) is 3.34. The number of nitrogens with zero attached hydrogens (tertiary/aromatic N) is 5. The summed E-state index contributed by atoms with van der Waals surface area (Å²) >= 11 is 0. The van der Waals surface area contributed by atoms with Crippen molar-refractivity contribution in [2.24, 2.45) is 14.1 Å². The number of hydrogen-bond donors (Lipinski definition) is 0. The van der Waals surface area contributed by atoms with Crippen LogP contribution in [-0.4, -0.2) is 51.7 Å². The molecule has 9 nitrogen and oxygen atoms in total. The Morgan fingerprint density at radius 3 is 2.41 bits per heavy atom. The van der Waals surface area contributed by atoms with E-state index in [1.807, 2.05) is 11.0 Å². The van der Waals surface area contributed by atoms with Crippen molar-refractivity contribution < 1.29 is 4.92 Å². The lowest BCUT2D eigenvalue weighted by Crippen LogP contribution is -2.49. The molecule has 1 aliphatic heterocycles. The van der Waals surface area contributed by atoms with E-state index in [4.69, 9.17) is 0 Å². The van der Waals surface area contributed by atoms with Crippen molar-refractivity contribution in [2.45, 2.75) is 6.42 Å². The molecule has 0 radical (unpaired) electrons. The number of piperazine rings is 1. The Morgan fingerprint density at radius 2 is 1.74 bits per heavy atom. The SMILES string of the molecule is Cn1c(N2CCN(CCc3cccc([N+](=O)[O-])c3)CC2)cc(=O)n(C)c1=O. The number of aromatic nitrogens is 2. The lowest BCUT2D eigenvalue weighted by Gasteiger charge is -2.36. The third-order valence-corrected chi connectivity index (χ3v) is 5.04. The number of benzene rings is 1. The smallest absolute Gasteiger partial charge is 0.332 e. The molecule has 9 heteroatoms. The van der Waals surface area contributed by atoms with Crippen molar-refractivity contribution in [1.29, 1.82) is 0 Å². The average molecular weight is 373 g/mol. The quantitative estimate of drug-likeness (QED) is 0.555. The maximum absolute atomic E-state index is 12.1. The van der Waals surface area contributed by atoms with Gasteiger partial charge in [-0.2, -0.15) is 0 Å². The van der Waals surface area contributed by atoms with E-state index in [-0.39, 0.29) is 21.9 Å². The summed E-state index contributed by atoms with van der Waals surface area (Å²) in [6.07, 6.45) is 0.742. The third-order valence-electron chi connectivity index (χ3n) is 5.04. The minimum absolute atomic E-state index is 0.115. The molecule has 1 aliphatic rings. The van der Waals surface area contributed by atoms with E-state index in [1.165, 1.54) is 23.7 Å². The number of nitro groups is 1. The normalized spacial score (nSPS) is 15.1. The molecule has 0 aliphatic carbocycles. The second kappa shape index (κ2) is 7.75. The first-order valence-corrected chi connectivity index (χ1v) is 8.84. The Hall–Kier alpha value is -2.94. The fraction of sp³-hybridized carbons (Fsp3) is 0.444. The molecule has 2 aromatic rings. The van der Waals surface area contributed by atoms with Crippen molar-refractivity contribution in [2.75, 3.05) is 37.6 Å². The predicted octanol–water partition coefficient (Wildman–Crippen LogP) is 0.357. The largest absolute Gasteiger partial charge is 0.355 e. The molecule has 3 rings (SSSR count). The summed E-state index contributed by atoms with van der Waals surface area (Å²) < 4.78 is 2.60. The van der Waals surface area contributed by atoms with Gasteiger partial charge in [0.25, 0.3) is 11.2 Å². The molecule has 1 fully saturated rings. The Balaban J connectivity index is 1.60. The van der Waals surface area contributed by atoms with Gasteiger partial charge in [0.05, 0.1) is 4.92 Å². The molecular formula is C18H23N5O4. The topological polar surface area (TPSA) is 93.6 Å². The number of anilines is 1. The van der Waals surface area contributed by atoms with Gasteiger partial charge < -0.3 is 4.90 Å². The summed E-state index contributed by atoms with van der Waals surface area (Å²) in [6.45, 7) is 3.85. The number of non-ortho nitro benzene ring substituents is 1. The number of hydrogen-bond acceptors (Lipinski definition) is 6. The van der Waals surface area contributed by atoms with Crippen LogP contribution in [0.4, 0.5) is 11.5 Å². The molecule has 0 amide bonds. The van der Waals surface area contributed by atoms with Gasteiger partial charge in [-0.3, -0.25) is 28.9 Å². The van der Waals surface area contributed by atoms with Crippen LogP contribution in [0.15, 0.2) is 39.9 Å². The fourth-order valence-electron chi connectivity index (χ4n) is 3.34. The predicted molar refractivity (Wildman–Crippen MR) is 102 cm³/mol. The molecule has 0 bridgehead atoms. The minimum atomic E-state index is -0.378. The van der Waals surface area contributed by atoms with Gasteiger partial charge in [-0.05, 0) is 12.0 Å². The molecule has 1 aromatic heterocycles. The second-order valence-electron chi connectivity index (χ2n) is 6.75. The van der Waals surface area contributed by atoms with Crippen LogP contribution in [0.5, 0.6) is 0 Å². The molecule has 1 aromatic carbocycles. The highest BCUT2D eigenvalue weighted by molar-refractivity contribution is 5.39. The van der Waals surface area contributed by atoms with Crippen LogP contribution in [0.25, 0.3) is 0 Å². The molecule has 0 unspecified atom stereocenters. The second-order valence-corrected chi connectivity index (χ2v) is 6.75. The molecular weight excluding hydrogens is 350 g/mol. The highest BCUT2D eigenvalue weighted by atomic mass is 16.6. The molecule has 27 heavy (non-hydrogen) atoms. The summed E-state index contributed by atoms with van der Waals surface area (Å²) in [5.41, 5.74) is 0.427. The first-order valence-electron chi connectivity index (χ1n) is 8.84. The van der Waals surface area contributed by atoms with Gasteiger partial charge >= 0.3 is 5.69 Å². The highest BCUT2D eigenvalue weighted by Crippen LogP contribution is 2.15. The minimum Gasteiger partial charge on any atom is -0.355 e. The van der Waals surface area contributed by atoms with E-state index in [2.05, 4.69) is 4.90 Å². The summed E-state index contributed by atoms with van der Waals surface area (Å²) in [7, 11) is 3.14. The molecule has 144 valence electrons. The van der Waals surface area contributed by atoms with Crippen LogP contribution in [0, 0.1) is 10.1 Å². The van der Waals surface area contributed by atoms with E-state index in [9.17, 15) is 19.7 Å². The molecule has 0 atom stereocenters. The summed E-state index contributed by atoms with van der Waals surface area (Å²) in [5.74, 6) is 0.640. The maximum atomic E-state index is 12.1. The molecule has 0 saturated carbocycles. The third kappa shape index (κ3) is 4.08. The number of rotatable bonds is 5. The average Bonchev–Trinajstić information content (AvgIpc) is 2.68. The molecule has 0 N–H and O–H groups in total. The van der Waals surface area contributed by atoms with Gasteiger partial charge in [0.15, 0.2) is 0 Å². The number of nitro benzene ring substituents is 1. The van der Waals surface area contributed by atoms with E-state index in [1.54, 1.807) is 19.2 Å². The summed E-state index contributed by atoms with van der Waals surface area (Å²) in [4.78, 5) is 38.8. The first-order chi connectivity index (χ1) is 12.9. The van der Waals surface area contributed by atoms with Crippen LogP contribution in [0.2, 0.25) is 0 Å². The lowest BCUT2D eigenvalue weighted by molar-refractivity contribution is -0.384. The van der Waals surface area contributed by atoms with Gasteiger partial charge in [-0.1, -0.05) is 12.1 Å². The molecule has 0 spiro atoms. The Morgan fingerprint density at radius 1 is 1.04 bits per heavy atom. The Kier molecular flexibility index (Phi) is 5.41. The standard InChI is InChI=1S/C18H23N5O4/c1-19-16(13-17(24)20(2)18(19)25)22-10-8-21(9-11-22)7-6-14-4-3-5-15(12-14)23(26)27/h3-5,12-13H,6-11H2,1-2H3. The van der Waals surface area contributed by atoms with Crippen LogP contribution in [0.1, 0.15) is 5.56 Å². The summed E-state index contributed by atoms with van der Waals surface area (Å²) in [5, 5.41) is 10.9. The monoisotopic (exact) mass is 373 g/mol. The lowest BCUT2D eigenvalue weighted by atomic mass is 10.1. The van der Waals surface area contributed by atoms with Crippen LogP contribution < -0.4 is 16.1 Å². The Bertz CT molecular complexity index is 957. The van der Waals surface area contributed by atoms with Gasteiger partial charge in [0, 0.05) is 65.0 Å². The van der Waals surface area contributed by atoms with E-state index in [0.717, 1.165) is 49.3 Å². The van der Waals surface area contributed by atoms with E-state index in [0.29, 0.717) is 5.82 Å². The van der Waals surface area contributed by atoms with Crippen LogP contribution >= 0.6 is 0 Å². The van der Waals surface area contributed by atoms with Gasteiger partial charge in [-0.25, -0.2) is 4.79 Å². The van der Waals surface area contributed by atoms with Crippen LogP contribution in [-0.2, 0) is 20.5 Å². The molecule has 2 heterocycles. The van der Waals surface area contributed by atoms with E-state index < -0.39 is 0 Å². The van der Waals surface area contributed by atoms with Crippen molar-refractivity contribution in [3.8, 4) is 0 Å². The van der Waals surface area contributed by atoms with Crippen molar-refractivity contribution in [3.05, 3.63) is 66.8 Å². The Labute approximate surface area is 156 Å². The zero-order valence-electron chi connectivity index (χ0n) is 15.5. The zero-order chi connectivity index (χ0) is 19.6. The maximum Gasteiger partial charge on any atom is 0.332 e.